The van der Waals surface area contributed by atoms with Gasteiger partial charge in [-0.3, -0.25) is 4.90 Å². The van der Waals surface area contributed by atoms with E-state index in [-0.39, 0.29) is 6.03 Å². The van der Waals surface area contributed by atoms with Crippen molar-refractivity contribution in [3.8, 4) is 5.75 Å². The van der Waals surface area contributed by atoms with Crippen molar-refractivity contribution < 1.29 is 9.53 Å². The summed E-state index contributed by atoms with van der Waals surface area (Å²) in [6.07, 6.45) is 8.21. The summed E-state index contributed by atoms with van der Waals surface area (Å²) < 4.78 is 7.26. The number of nitrogens with one attached hydrogen (secondary N) is 2. The molecule has 2 fully saturated rings. The Labute approximate surface area is 192 Å². The fraction of sp³-hybridized carbons (Fsp3) is 0.458. The minimum atomic E-state index is -0.200. The number of fused-ring (bicyclic) bond motifs is 4. The number of methoxy groups -OCH3 is 1. The van der Waals surface area contributed by atoms with Gasteiger partial charge in [-0.15, -0.1) is 0 Å². The molecule has 6 rings (SSSR count). The number of urea groups is 1. The summed E-state index contributed by atoms with van der Waals surface area (Å²) in [6.45, 7) is 4.58. The normalized spacial score (nSPS) is 21.9. The van der Waals surface area contributed by atoms with E-state index in [9.17, 15) is 4.79 Å². The molecule has 0 radical (unpaired) electrons. The lowest BCUT2D eigenvalue weighted by molar-refractivity contribution is 0.257. The predicted molar refractivity (Wildman–Crippen MR) is 128 cm³/mol. The molecule has 2 saturated heterocycles. The van der Waals surface area contributed by atoms with Gasteiger partial charge in [0.15, 0.2) is 5.75 Å². The van der Waals surface area contributed by atoms with E-state index < -0.39 is 0 Å². The summed E-state index contributed by atoms with van der Waals surface area (Å²) in [6, 6.07) is 6.87. The number of ether oxygens (including phenoxy) is 1. The number of aryl methyl sites for hydroxylation is 1. The fourth-order valence-corrected chi connectivity index (χ4v) is 5.56. The van der Waals surface area contributed by atoms with Gasteiger partial charge in [0.05, 0.1) is 30.2 Å². The molecule has 3 aromatic rings. The Balaban J connectivity index is 1.26. The molecule has 9 nitrogen and oxygen atoms in total. The third-order valence-electron chi connectivity index (χ3n) is 7.04. The lowest BCUT2D eigenvalue weighted by Crippen LogP contribution is -2.59. The molecule has 2 N–H and O–H groups in total. The van der Waals surface area contributed by atoms with Gasteiger partial charge in [-0.25, -0.2) is 14.3 Å². The van der Waals surface area contributed by atoms with Crippen LogP contribution >= 0.6 is 0 Å². The lowest BCUT2D eigenvalue weighted by Gasteiger charge is -2.44. The Morgan fingerprint density at radius 2 is 2.06 bits per heavy atom. The van der Waals surface area contributed by atoms with Crippen molar-refractivity contribution in [3.63, 3.8) is 0 Å². The number of pyridine rings is 2. The largest absolute Gasteiger partial charge is 0.493 e. The first-order valence-corrected chi connectivity index (χ1v) is 11.7. The molecule has 2 bridgehead atoms. The maximum atomic E-state index is 13.3. The van der Waals surface area contributed by atoms with Gasteiger partial charge in [0.2, 0.25) is 0 Å². The average molecular weight is 448 g/mol. The van der Waals surface area contributed by atoms with Gasteiger partial charge < -0.3 is 20.3 Å². The molecule has 2 unspecified atom stereocenters. The van der Waals surface area contributed by atoms with Crippen molar-refractivity contribution in [2.45, 2.75) is 44.7 Å². The van der Waals surface area contributed by atoms with Gasteiger partial charge in [0, 0.05) is 49.2 Å². The van der Waals surface area contributed by atoms with E-state index in [1.54, 1.807) is 22.7 Å². The third kappa shape index (κ3) is 3.56. The topological polar surface area (TPSA) is 87.0 Å². The molecule has 3 aliphatic heterocycles. The van der Waals surface area contributed by atoms with Crippen molar-refractivity contribution in [1.82, 2.24) is 19.9 Å². The van der Waals surface area contributed by atoms with E-state index in [0.29, 0.717) is 30.1 Å². The van der Waals surface area contributed by atoms with Crippen molar-refractivity contribution in [2.24, 2.45) is 0 Å². The monoisotopic (exact) mass is 447 g/mol. The zero-order valence-electron chi connectivity index (χ0n) is 19.0. The summed E-state index contributed by atoms with van der Waals surface area (Å²) in [5.74, 6) is 1.32. The fourth-order valence-electron chi connectivity index (χ4n) is 5.56. The summed E-state index contributed by atoms with van der Waals surface area (Å²) in [5, 5.41) is 11.2. The number of aromatic nitrogens is 3. The molecule has 3 aromatic heterocycles. The molecule has 0 saturated carbocycles. The first-order chi connectivity index (χ1) is 16.1. The van der Waals surface area contributed by atoms with E-state index in [2.05, 4.69) is 31.7 Å². The Hall–Kier alpha value is -3.33. The van der Waals surface area contributed by atoms with Crippen LogP contribution < -0.4 is 25.2 Å². The summed E-state index contributed by atoms with van der Waals surface area (Å²) >= 11 is 0. The second-order valence-electron chi connectivity index (χ2n) is 9.27. The molecule has 9 heteroatoms. The lowest BCUT2D eigenvalue weighted by atomic mass is 9.93. The molecule has 0 aliphatic carbocycles. The van der Waals surface area contributed by atoms with Crippen molar-refractivity contribution in [2.75, 3.05) is 41.9 Å². The maximum absolute atomic E-state index is 13.3. The van der Waals surface area contributed by atoms with Crippen LogP contribution in [0.4, 0.5) is 22.0 Å². The summed E-state index contributed by atoms with van der Waals surface area (Å²) in [4.78, 5) is 22.1. The Morgan fingerprint density at radius 3 is 2.85 bits per heavy atom. The molecule has 172 valence electrons. The van der Waals surface area contributed by atoms with E-state index in [0.717, 1.165) is 36.5 Å². The van der Waals surface area contributed by atoms with Gasteiger partial charge in [-0.05, 0) is 44.4 Å². The van der Waals surface area contributed by atoms with Crippen molar-refractivity contribution in [1.29, 1.82) is 0 Å². The highest BCUT2D eigenvalue weighted by Gasteiger charge is 2.34. The van der Waals surface area contributed by atoms with Gasteiger partial charge in [0.25, 0.3) is 0 Å². The van der Waals surface area contributed by atoms with Crippen LogP contribution in [0.3, 0.4) is 0 Å². The standard InChI is InChI=1S/C24H29N7O2/c1-15-10-18-11-20(22(33-2)14-31(18)28-15)27-24(32)30-9-7-19-21(6-8-25-23(19)30)29-12-16-4-3-5-17(13-29)26-16/h6,8,10-11,14,16-17,26H,3-5,7,9,12-13H2,1-2H3,(H,27,32). The van der Waals surface area contributed by atoms with Crippen LogP contribution in [-0.4, -0.2) is 59.5 Å². The Morgan fingerprint density at radius 1 is 1.24 bits per heavy atom. The Kier molecular flexibility index (Phi) is 4.86. The van der Waals surface area contributed by atoms with Gasteiger partial charge in [-0.1, -0.05) is 6.42 Å². The molecule has 2 amide bonds. The zero-order chi connectivity index (χ0) is 22.5. The number of piperazine rings is 1. The van der Waals surface area contributed by atoms with E-state index in [4.69, 9.17) is 4.74 Å². The van der Waals surface area contributed by atoms with Crippen LogP contribution in [0.25, 0.3) is 5.52 Å². The Bertz CT molecular complexity index is 1210. The number of nitrogens with zero attached hydrogens (tertiary/aromatic N) is 5. The van der Waals surface area contributed by atoms with Crippen LogP contribution in [0.15, 0.2) is 30.6 Å². The molecule has 33 heavy (non-hydrogen) atoms. The van der Waals surface area contributed by atoms with Crippen molar-refractivity contribution >= 4 is 28.7 Å². The first kappa shape index (κ1) is 20.3. The summed E-state index contributed by atoms with van der Waals surface area (Å²) in [5.41, 5.74) is 4.82. The molecule has 6 heterocycles. The SMILES string of the molecule is COc1cn2nc(C)cc2cc1NC(=O)N1CCc2c(N3CC4CCCC(C3)N4)ccnc21. The molecule has 3 aliphatic rings. The highest BCUT2D eigenvalue weighted by Crippen LogP contribution is 2.36. The van der Waals surface area contributed by atoms with Crippen molar-refractivity contribution in [3.05, 3.63) is 41.9 Å². The maximum Gasteiger partial charge on any atom is 0.327 e. The molecular formula is C24H29N7O2. The smallest absolute Gasteiger partial charge is 0.327 e. The van der Waals surface area contributed by atoms with Gasteiger partial charge >= 0.3 is 6.03 Å². The van der Waals surface area contributed by atoms with E-state index in [1.807, 2.05) is 25.3 Å². The molecule has 0 aromatic carbocycles. The van der Waals surface area contributed by atoms with Gasteiger partial charge in [-0.2, -0.15) is 5.10 Å². The predicted octanol–water partition coefficient (Wildman–Crippen LogP) is 2.97. The number of carbonyl (C=O) groups excluding carboxylic acids is 1. The van der Waals surface area contributed by atoms with Crippen LogP contribution in [0, 0.1) is 6.92 Å². The second-order valence-corrected chi connectivity index (χ2v) is 9.27. The number of anilines is 3. The molecular weight excluding hydrogens is 418 g/mol. The minimum Gasteiger partial charge on any atom is -0.493 e. The number of hydrogen-bond donors (Lipinski definition) is 2. The number of carbonyl (C=O) groups is 1. The number of amides is 2. The first-order valence-electron chi connectivity index (χ1n) is 11.7. The van der Waals surface area contributed by atoms with Gasteiger partial charge in [0.1, 0.15) is 5.82 Å². The number of rotatable bonds is 3. The molecule has 2 atom stereocenters. The second kappa shape index (κ2) is 7.91. The summed E-state index contributed by atoms with van der Waals surface area (Å²) in [7, 11) is 1.59. The van der Waals surface area contributed by atoms with E-state index >= 15 is 0 Å². The van der Waals surface area contributed by atoms with Crippen LogP contribution in [0.1, 0.15) is 30.5 Å². The number of hydrogen-bond acceptors (Lipinski definition) is 6. The van der Waals surface area contributed by atoms with Crippen LogP contribution in [-0.2, 0) is 6.42 Å². The molecule has 0 spiro atoms. The van der Waals surface area contributed by atoms with Crippen LogP contribution in [0.2, 0.25) is 0 Å². The minimum absolute atomic E-state index is 0.200. The van der Waals surface area contributed by atoms with Crippen LogP contribution in [0.5, 0.6) is 5.75 Å². The highest BCUT2D eigenvalue weighted by atomic mass is 16.5. The quantitative estimate of drug-likeness (QED) is 0.642. The highest BCUT2D eigenvalue weighted by molar-refractivity contribution is 6.04. The average Bonchev–Trinajstić information content (AvgIpc) is 3.40. The zero-order valence-corrected chi connectivity index (χ0v) is 19.0. The van der Waals surface area contributed by atoms with E-state index in [1.165, 1.54) is 30.5 Å². The number of piperidine rings is 1. The third-order valence-corrected chi connectivity index (χ3v) is 7.04.